The smallest absolute Gasteiger partial charge is 0.309 e. The Morgan fingerprint density at radius 1 is 0.660 bits per heavy atom. The topological polar surface area (TPSA) is 144 Å². The standard InChI is InChI=1S/C21H30O7.C19H28O6/c1-14(22)26-20-12-15(25-17(20)8-4-5-9-18(23)24-2)19-16(13-20)27-21(28-19)10-6-3-7-11-21;1-21-16(20)9-12-5-6-15-18(23-12)10-13(22-15)17-14(11-18)24-19(25-17)7-3-2-4-8-19/h4-5,15-17,19H,3,6-13H2,1-2H3;12-15,17H,2-11H2,1H3/b5-4+;/t15-,16-,17+,19?,20-;12-,13-,14-,15+,17?,18-/m11/s1. The van der Waals surface area contributed by atoms with E-state index in [1.807, 2.05) is 6.08 Å². The minimum absolute atomic E-state index is 0.0389. The molecule has 11 atom stereocenters. The van der Waals surface area contributed by atoms with E-state index in [-0.39, 0.29) is 90.7 Å². The third kappa shape index (κ3) is 7.45. The van der Waals surface area contributed by atoms with Gasteiger partial charge < -0.3 is 47.4 Å². The Labute approximate surface area is 312 Å². The Morgan fingerprint density at radius 2 is 1.25 bits per heavy atom. The van der Waals surface area contributed by atoms with E-state index >= 15 is 0 Å². The van der Waals surface area contributed by atoms with E-state index in [2.05, 4.69) is 4.74 Å². The molecule has 4 aliphatic carbocycles. The third-order valence-electron chi connectivity index (χ3n) is 13.3. The molecule has 0 N–H and O–H groups in total. The van der Waals surface area contributed by atoms with Crippen molar-refractivity contribution in [2.24, 2.45) is 0 Å². The van der Waals surface area contributed by atoms with Crippen LogP contribution in [0.5, 0.6) is 0 Å². The lowest BCUT2D eigenvalue weighted by Crippen LogP contribution is -2.54. The monoisotopic (exact) mass is 746 g/mol. The summed E-state index contributed by atoms with van der Waals surface area (Å²) < 4.78 is 60.2. The average molecular weight is 747 g/mol. The summed E-state index contributed by atoms with van der Waals surface area (Å²) in [7, 11) is 2.80. The number of carbonyl (C=O) groups is 3. The molecule has 5 aliphatic heterocycles. The number of ether oxygens (including phenoxy) is 10. The first-order chi connectivity index (χ1) is 25.6. The van der Waals surface area contributed by atoms with E-state index in [9.17, 15) is 14.4 Å². The number of hydrogen-bond acceptors (Lipinski definition) is 13. The Kier molecular flexibility index (Phi) is 10.7. The summed E-state index contributed by atoms with van der Waals surface area (Å²) in [5.74, 6) is -1.66. The maximum atomic E-state index is 11.9. The highest BCUT2D eigenvalue weighted by molar-refractivity contribution is 5.71. The van der Waals surface area contributed by atoms with Crippen molar-refractivity contribution in [3.05, 3.63) is 12.2 Å². The van der Waals surface area contributed by atoms with Gasteiger partial charge in [0.2, 0.25) is 0 Å². The molecule has 13 nitrogen and oxygen atoms in total. The maximum Gasteiger partial charge on any atom is 0.309 e. The zero-order valence-corrected chi connectivity index (χ0v) is 31.6. The summed E-state index contributed by atoms with van der Waals surface area (Å²) in [6, 6.07) is 0. The van der Waals surface area contributed by atoms with E-state index < -0.39 is 11.4 Å². The second-order valence-corrected chi connectivity index (χ2v) is 16.9. The van der Waals surface area contributed by atoms with Crippen LogP contribution in [-0.4, -0.2) is 110 Å². The Hall–Kier alpha value is -2.13. The highest BCUT2D eigenvalue weighted by atomic mass is 16.8. The van der Waals surface area contributed by atoms with Crippen LogP contribution in [0.3, 0.4) is 0 Å². The molecule has 9 rings (SSSR count). The molecule has 3 spiro atoms. The van der Waals surface area contributed by atoms with Gasteiger partial charge in [-0.2, -0.15) is 0 Å². The minimum atomic E-state index is -0.698. The van der Waals surface area contributed by atoms with E-state index in [0.717, 1.165) is 64.2 Å². The molecule has 0 aromatic heterocycles. The van der Waals surface area contributed by atoms with E-state index in [1.54, 1.807) is 6.08 Å². The Morgan fingerprint density at radius 3 is 1.87 bits per heavy atom. The summed E-state index contributed by atoms with van der Waals surface area (Å²) in [5.41, 5.74) is -1.01. The van der Waals surface area contributed by atoms with Gasteiger partial charge in [0, 0.05) is 58.3 Å². The molecular formula is C40H58O13. The van der Waals surface area contributed by atoms with Crippen molar-refractivity contribution in [1.29, 1.82) is 0 Å². The van der Waals surface area contributed by atoms with E-state index in [1.165, 1.54) is 46.8 Å². The molecule has 5 heterocycles. The second-order valence-electron chi connectivity index (χ2n) is 16.9. The summed E-state index contributed by atoms with van der Waals surface area (Å²) in [5, 5.41) is 0. The lowest BCUT2D eigenvalue weighted by Gasteiger charge is -2.44. The van der Waals surface area contributed by atoms with Crippen LogP contribution in [0, 0.1) is 0 Å². The van der Waals surface area contributed by atoms with Gasteiger partial charge in [0.15, 0.2) is 11.6 Å². The Bertz CT molecular complexity index is 1390. The van der Waals surface area contributed by atoms with Gasteiger partial charge in [0.1, 0.15) is 23.9 Å². The summed E-state index contributed by atoms with van der Waals surface area (Å²) >= 11 is 0. The summed E-state index contributed by atoms with van der Waals surface area (Å²) in [6.45, 7) is 1.44. The zero-order valence-electron chi connectivity index (χ0n) is 31.6. The molecule has 0 aromatic carbocycles. The normalized spacial score (nSPS) is 42.7. The van der Waals surface area contributed by atoms with Gasteiger partial charge in [0.05, 0.1) is 69.3 Å². The lowest BCUT2D eigenvalue weighted by atomic mass is 9.76. The fraction of sp³-hybridized carbons (Fsp3) is 0.875. The van der Waals surface area contributed by atoms with Crippen molar-refractivity contribution in [1.82, 2.24) is 0 Å². The van der Waals surface area contributed by atoms with Gasteiger partial charge in [-0.3, -0.25) is 14.4 Å². The molecule has 9 aliphatic rings. The van der Waals surface area contributed by atoms with Crippen molar-refractivity contribution >= 4 is 17.9 Å². The average Bonchev–Trinajstić information content (AvgIpc) is 3.85. The molecule has 4 bridgehead atoms. The molecule has 0 amide bonds. The van der Waals surface area contributed by atoms with Crippen LogP contribution >= 0.6 is 0 Å². The van der Waals surface area contributed by atoms with Crippen molar-refractivity contribution < 1.29 is 61.8 Å². The lowest BCUT2D eigenvalue weighted by molar-refractivity contribution is -0.216. The van der Waals surface area contributed by atoms with Gasteiger partial charge in [-0.1, -0.05) is 25.0 Å². The largest absolute Gasteiger partial charge is 0.469 e. The highest BCUT2D eigenvalue weighted by Gasteiger charge is 2.66. The number of rotatable bonds is 7. The zero-order chi connectivity index (χ0) is 36.8. The number of hydrogen-bond donors (Lipinski definition) is 0. The summed E-state index contributed by atoms with van der Waals surface area (Å²) in [4.78, 5) is 34.8. The SMILES string of the molecule is COC(=O)C/C=C/C[C@@H]1O[C@@H]2C[C@@]1(OC(C)=O)C[C@H]1OC3(CCCCC3)OC21.COC(=O)C[C@H]1CC[C@@H]2O[C@@H]3C[C@]2(C[C@H]2OC4(CCCCC4)OC32)O1. The molecular weight excluding hydrogens is 688 g/mol. The predicted octanol–water partition coefficient (Wildman–Crippen LogP) is 5.28. The fourth-order valence-corrected chi connectivity index (χ4v) is 11.0. The number of methoxy groups -OCH3 is 2. The molecule has 4 saturated carbocycles. The molecule has 2 unspecified atom stereocenters. The molecule has 296 valence electrons. The molecule has 0 radical (unpaired) electrons. The van der Waals surface area contributed by atoms with Gasteiger partial charge in [0.25, 0.3) is 0 Å². The van der Waals surface area contributed by atoms with Gasteiger partial charge in [-0.15, -0.1) is 0 Å². The van der Waals surface area contributed by atoms with Crippen LogP contribution in [0.2, 0.25) is 0 Å². The van der Waals surface area contributed by atoms with E-state index in [0.29, 0.717) is 25.7 Å². The highest BCUT2D eigenvalue weighted by Crippen LogP contribution is 2.56. The van der Waals surface area contributed by atoms with Gasteiger partial charge in [-0.05, 0) is 44.9 Å². The minimum Gasteiger partial charge on any atom is -0.469 e. The van der Waals surface area contributed by atoms with Crippen molar-refractivity contribution in [3.8, 4) is 0 Å². The van der Waals surface area contributed by atoms with Crippen LogP contribution in [0.15, 0.2) is 12.2 Å². The predicted molar refractivity (Wildman–Crippen MR) is 185 cm³/mol. The van der Waals surface area contributed by atoms with E-state index in [4.69, 9.17) is 42.6 Å². The Balaban J connectivity index is 0.000000152. The van der Waals surface area contributed by atoms with Gasteiger partial charge >= 0.3 is 17.9 Å². The molecule has 13 heteroatoms. The maximum absolute atomic E-state index is 11.9. The third-order valence-corrected chi connectivity index (χ3v) is 13.3. The first-order valence-electron chi connectivity index (χ1n) is 20.2. The van der Waals surface area contributed by atoms with Crippen LogP contribution < -0.4 is 0 Å². The van der Waals surface area contributed by atoms with Crippen LogP contribution in [0.1, 0.15) is 129 Å². The van der Waals surface area contributed by atoms with Crippen LogP contribution in [-0.2, 0) is 61.8 Å². The van der Waals surface area contributed by atoms with Crippen LogP contribution in [0.4, 0.5) is 0 Å². The first kappa shape index (κ1) is 37.8. The van der Waals surface area contributed by atoms with Crippen molar-refractivity contribution in [2.45, 2.75) is 207 Å². The van der Waals surface area contributed by atoms with Crippen molar-refractivity contribution in [2.75, 3.05) is 14.2 Å². The molecule has 53 heavy (non-hydrogen) atoms. The molecule has 5 saturated heterocycles. The number of fused-ring (bicyclic) bond motifs is 7. The number of esters is 3. The molecule has 0 aromatic rings. The first-order valence-corrected chi connectivity index (χ1v) is 20.2. The quantitative estimate of drug-likeness (QED) is 0.190. The molecule has 9 fully saturated rings. The fourth-order valence-electron chi connectivity index (χ4n) is 11.0. The number of carbonyl (C=O) groups excluding carboxylic acids is 3. The second kappa shape index (κ2) is 15.1. The van der Waals surface area contributed by atoms with Crippen LogP contribution in [0.25, 0.3) is 0 Å². The summed E-state index contributed by atoms with van der Waals surface area (Å²) in [6.07, 6.45) is 19.9. The van der Waals surface area contributed by atoms with Gasteiger partial charge in [-0.25, -0.2) is 0 Å². The van der Waals surface area contributed by atoms with Crippen molar-refractivity contribution in [3.63, 3.8) is 0 Å².